The van der Waals surface area contributed by atoms with Crippen molar-refractivity contribution in [2.45, 2.75) is 26.8 Å². The molecule has 0 amide bonds. The van der Waals surface area contributed by atoms with E-state index in [9.17, 15) is 0 Å². The van der Waals surface area contributed by atoms with Crippen molar-refractivity contribution in [1.29, 1.82) is 0 Å². The fourth-order valence-electron chi connectivity index (χ4n) is 1.95. The van der Waals surface area contributed by atoms with Crippen molar-refractivity contribution in [2.24, 2.45) is 0 Å². The van der Waals surface area contributed by atoms with E-state index in [2.05, 4.69) is 65.4 Å². The topological polar surface area (TPSA) is 21.3 Å². The number of aryl methyl sites for hydroxylation is 1. The summed E-state index contributed by atoms with van der Waals surface area (Å²) >= 11 is 3.62. The summed E-state index contributed by atoms with van der Waals surface area (Å²) in [6.07, 6.45) is 1.03. The van der Waals surface area contributed by atoms with Crippen LogP contribution in [0.1, 0.15) is 24.5 Å². The first-order chi connectivity index (χ1) is 9.70. The van der Waals surface area contributed by atoms with Gasteiger partial charge in [-0.3, -0.25) is 0 Å². The highest BCUT2D eigenvalue weighted by Gasteiger charge is 2.02. The molecule has 0 aliphatic heterocycles. The summed E-state index contributed by atoms with van der Waals surface area (Å²) in [6.45, 7) is 5.75. The molecule has 3 heteroatoms. The van der Waals surface area contributed by atoms with E-state index in [0.29, 0.717) is 0 Å². The van der Waals surface area contributed by atoms with Crippen molar-refractivity contribution in [1.82, 2.24) is 0 Å². The minimum atomic E-state index is 0.764. The van der Waals surface area contributed by atoms with Crippen LogP contribution in [0.15, 0.2) is 46.9 Å². The highest BCUT2D eigenvalue weighted by atomic mass is 79.9. The fraction of sp³-hybridized carbons (Fsp3) is 0.294. The maximum absolute atomic E-state index is 5.65. The minimum absolute atomic E-state index is 0.764. The molecule has 0 aliphatic carbocycles. The first-order valence-corrected chi connectivity index (χ1v) is 7.70. The summed E-state index contributed by atoms with van der Waals surface area (Å²) in [6, 6.07) is 14.5. The zero-order valence-electron chi connectivity index (χ0n) is 11.9. The normalized spacial score (nSPS) is 10.3. The van der Waals surface area contributed by atoms with Gasteiger partial charge in [0.15, 0.2) is 0 Å². The summed E-state index contributed by atoms with van der Waals surface area (Å²) in [5.74, 6) is 0.939. The molecule has 0 aliphatic rings. The molecule has 0 spiro atoms. The highest BCUT2D eigenvalue weighted by Crippen LogP contribution is 2.26. The van der Waals surface area contributed by atoms with Crippen molar-refractivity contribution in [2.75, 3.05) is 11.9 Å². The van der Waals surface area contributed by atoms with Crippen LogP contribution >= 0.6 is 15.9 Å². The summed E-state index contributed by atoms with van der Waals surface area (Å²) in [4.78, 5) is 0. The van der Waals surface area contributed by atoms with Gasteiger partial charge < -0.3 is 10.1 Å². The Hall–Kier alpha value is -1.48. The van der Waals surface area contributed by atoms with E-state index in [4.69, 9.17) is 4.74 Å². The van der Waals surface area contributed by atoms with Gasteiger partial charge in [-0.25, -0.2) is 0 Å². The molecule has 2 rings (SSSR count). The lowest BCUT2D eigenvalue weighted by Crippen LogP contribution is -2.01. The van der Waals surface area contributed by atoms with Gasteiger partial charge in [0.1, 0.15) is 5.75 Å². The van der Waals surface area contributed by atoms with E-state index in [1.54, 1.807) is 0 Å². The second-order valence-electron chi connectivity index (χ2n) is 4.79. The molecule has 0 atom stereocenters. The predicted molar refractivity (Wildman–Crippen MR) is 88.4 cm³/mol. The maximum Gasteiger partial charge on any atom is 0.119 e. The van der Waals surface area contributed by atoms with Crippen molar-refractivity contribution in [3.8, 4) is 5.75 Å². The van der Waals surface area contributed by atoms with Crippen molar-refractivity contribution in [3.63, 3.8) is 0 Å². The van der Waals surface area contributed by atoms with Crippen LogP contribution in [0.4, 0.5) is 5.69 Å². The number of hydrogen-bond donors (Lipinski definition) is 1. The standard InChI is InChI=1S/C17H20BrNO/c1-3-10-20-15-8-5-7-14(11-15)12-19-16-9-4-6-13(2)17(16)18/h4-9,11,19H,3,10,12H2,1-2H3. The number of hydrogen-bond acceptors (Lipinski definition) is 2. The minimum Gasteiger partial charge on any atom is -0.494 e. The molecule has 0 bridgehead atoms. The molecule has 106 valence electrons. The first-order valence-electron chi connectivity index (χ1n) is 6.91. The fourth-order valence-corrected chi connectivity index (χ4v) is 2.35. The zero-order valence-corrected chi connectivity index (χ0v) is 13.5. The Labute approximate surface area is 129 Å². The van der Waals surface area contributed by atoms with Crippen LogP contribution in [-0.4, -0.2) is 6.61 Å². The van der Waals surface area contributed by atoms with Crippen LogP contribution in [0.3, 0.4) is 0 Å². The molecular formula is C17H20BrNO. The number of benzene rings is 2. The van der Waals surface area contributed by atoms with Gasteiger partial charge in [-0.2, -0.15) is 0 Å². The lowest BCUT2D eigenvalue weighted by molar-refractivity contribution is 0.317. The van der Waals surface area contributed by atoms with Gasteiger partial charge in [-0.05, 0) is 58.6 Å². The summed E-state index contributed by atoms with van der Waals surface area (Å²) in [5.41, 5.74) is 3.56. The molecule has 2 aromatic rings. The smallest absolute Gasteiger partial charge is 0.119 e. The molecule has 1 N–H and O–H groups in total. The van der Waals surface area contributed by atoms with Crippen LogP contribution in [0.2, 0.25) is 0 Å². The second-order valence-corrected chi connectivity index (χ2v) is 5.58. The van der Waals surface area contributed by atoms with Crippen molar-refractivity contribution < 1.29 is 4.74 Å². The highest BCUT2D eigenvalue weighted by molar-refractivity contribution is 9.10. The number of ether oxygens (including phenoxy) is 1. The third-order valence-electron chi connectivity index (χ3n) is 3.05. The van der Waals surface area contributed by atoms with E-state index in [0.717, 1.165) is 35.5 Å². The van der Waals surface area contributed by atoms with Gasteiger partial charge in [0.2, 0.25) is 0 Å². The van der Waals surface area contributed by atoms with Gasteiger partial charge in [0.05, 0.1) is 6.61 Å². The summed E-state index contributed by atoms with van der Waals surface area (Å²) in [5, 5.41) is 3.45. The number of anilines is 1. The lowest BCUT2D eigenvalue weighted by atomic mass is 10.2. The third kappa shape index (κ3) is 4.01. The zero-order chi connectivity index (χ0) is 14.4. The Kier molecular flexibility index (Phi) is 5.48. The second kappa shape index (κ2) is 7.34. The van der Waals surface area contributed by atoms with Crippen LogP contribution < -0.4 is 10.1 Å². The van der Waals surface area contributed by atoms with E-state index >= 15 is 0 Å². The average molecular weight is 334 g/mol. The van der Waals surface area contributed by atoms with Gasteiger partial charge >= 0.3 is 0 Å². The molecule has 0 radical (unpaired) electrons. The molecule has 2 aromatic carbocycles. The predicted octanol–water partition coefficient (Wildman–Crippen LogP) is 5.16. The van der Waals surface area contributed by atoms with E-state index < -0.39 is 0 Å². The molecule has 0 unspecified atom stereocenters. The van der Waals surface area contributed by atoms with E-state index in [-0.39, 0.29) is 0 Å². The molecule has 0 saturated carbocycles. The Bertz CT molecular complexity index is 569. The van der Waals surface area contributed by atoms with Crippen molar-refractivity contribution in [3.05, 3.63) is 58.1 Å². The van der Waals surface area contributed by atoms with Gasteiger partial charge in [-0.1, -0.05) is 31.2 Å². The van der Waals surface area contributed by atoms with Gasteiger partial charge in [0.25, 0.3) is 0 Å². The molecule has 20 heavy (non-hydrogen) atoms. The van der Waals surface area contributed by atoms with Crippen LogP contribution in [0.5, 0.6) is 5.75 Å². The first kappa shape index (κ1) is 14.9. The average Bonchev–Trinajstić information content (AvgIpc) is 2.47. The monoisotopic (exact) mass is 333 g/mol. The number of nitrogens with one attached hydrogen (secondary N) is 1. The Morgan fingerprint density at radius 2 is 1.95 bits per heavy atom. The summed E-state index contributed by atoms with van der Waals surface area (Å²) < 4.78 is 6.78. The van der Waals surface area contributed by atoms with Crippen LogP contribution in [0.25, 0.3) is 0 Å². The number of halogens is 1. The Balaban J connectivity index is 2.01. The third-order valence-corrected chi connectivity index (χ3v) is 4.10. The van der Waals surface area contributed by atoms with E-state index in [1.807, 2.05) is 12.1 Å². The number of rotatable bonds is 6. The Morgan fingerprint density at radius 3 is 2.75 bits per heavy atom. The molecule has 0 heterocycles. The lowest BCUT2D eigenvalue weighted by Gasteiger charge is -2.11. The molecular weight excluding hydrogens is 314 g/mol. The molecule has 0 fully saturated rings. The van der Waals surface area contributed by atoms with Crippen LogP contribution in [-0.2, 0) is 6.54 Å². The SMILES string of the molecule is CCCOc1cccc(CNc2cccc(C)c2Br)c1. The van der Waals surface area contributed by atoms with Gasteiger partial charge in [0, 0.05) is 16.7 Å². The maximum atomic E-state index is 5.65. The van der Waals surface area contributed by atoms with E-state index in [1.165, 1.54) is 11.1 Å². The van der Waals surface area contributed by atoms with Gasteiger partial charge in [-0.15, -0.1) is 0 Å². The summed E-state index contributed by atoms with van der Waals surface area (Å²) in [7, 11) is 0. The molecule has 2 nitrogen and oxygen atoms in total. The van der Waals surface area contributed by atoms with Crippen LogP contribution in [0, 0.1) is 6.92 Å². The molecule has 0 aromatic heterocycles. The quantitative estimate of drug-likeness (QED) is 0.788. The van der Waals surface area contributed by atoms with Crippen molar-refractivity contribution >= 4 is 21.6 Å². The largest absolute Gasteiger partial charge is 0.494 e. The molecule has 0 saturated heterocycles. The Morgan fingerprint density at radius 1 is 1.15 bits per heavy atom.